The summed E-state index contributed by atoms with van der Waals surface area (Å²) >= 11 is 0. The van der Waals surface area contributed by atoms with Crippen LogP contribution in [-0.2, 0) is 4.74 Å². The minimum atomic E-state index is -0.938. The minimum Gasteiger partial charge on any atom is -0.508 e. The molecular weight excluding hydrogens is 587 g/mol. The molecule has 3 atom stereocenters. The molecule has 0 radical (unpaired) electrons. The quantitative estimate of drug-likeness (QED) is 0.319. The van der Waals surface area contributed by atoms with Crippen molar-refractivity contribution < 1.29 is 32.5 Å². The van der Waals surface area contributed by atoms with E-state index in [0.717, 1.165) is 19.4 Å². The van der Waals surface area contributed by atoms with Crippen LogP contribution in [0.3, 0.4) is 0 Å². The molecule has 12 heteroatoms. The van der Waals surface area contributed by atoms with Crippen molar-refractivity contribution in [3.63, 3.8) is 0 Å². The van der Waals surface area contributed by atoms with Crippen LogP contribution in [0.1, 0.15) is 31.7 Å². The molecule has 0 unspecified atom stereocenters. The van der Waals surface area contributed by atoms with E-state index in [0.29, 0.717) is 37.4 Å². The molecule has 0 saturated carbocycles. The smallest absolute Gasteiger partial charge is 0.319 e. The van der Waals surface area contributed by atoms with Gasteiger partial charge in [-0.05, 0) is 49.9 Å². The molecule has 4 aromatic rings. The van der Waals surface area contributed by atoms with Gasteiger partial charge in [0.2, 0.25) is 5.88 Å². The van der Waals surface area contributed by atoms with Crippen molar-refractivity contribution in [1.82, 2.24) is 19.9 Å². The highest BCUT2D eigenvalue weighted by atomic mass is 19.1. The fraction of sp³-hybridized carbons (Fsp3) is 0.424. The number of rotatable bonds is 5. The molecule has 0 aliphatic carbocycles. The molecule has 3 saturated heterocycles. The number of aromatic nitrogens is 3. The average Bonchev–Trinajstić information content (AvgIpc) is 3.48. The standard InChI is InChI=1S/C33H30F3N5O4/c1-3-22-24(35)6-5-18-9-21(42)10-23(25(18)22)28-27(36)29-26-30(41(20-14-43-15-20)17(2)13-44-31(26)37-28)39-32(38-29)45-16-33-7-4-8-40(33)12-19(34)11-33/h1,5-6,9-10,17,19-20,42H,4,7-8,11-16H2,2H3/t17-,19+,33-/m0/s1. The van der Waals surface area contributed by atoms with E-state index < -0.39 is 23.3 Å². The van der Waals surface area contributed by atoms with Crippen molar-refractivity contribution in [2.45, 2.75) is 50.0 Å². The molecule has 0 amide bonds. The number of pyridine rings is 1. The maximum absolute atomic E-state index is 16.9. The van der Waals surface area contributed by atoms with Gasteiger partial charge in [-0.25, -0.2) is 18.2 Å². The number of phenolic OH excluding ortho intramolecular Hbond substituents is 1. The van der Waals surface area contributed by atoms with Crippen LogP contribution in [0.5, 0.6) is 17.6 Å². The Hall–Kier alpha value is -4.34. The van der Waals surface area contributed by atoms with Crippen LogP contribution in [-0.4, -0.2) is 88.3 Å². The molecule has 1 N–H and O–H groups in total. The lowest BCUT2D eigenvalue weighted by molar-refractivity contribution is 0.00380. The molecule has 2 aromatic heterocycles. The van der Waals surface area contributed by atoms with E-state index in [4.69, 9.17) is 25.6 Å². The summed E-state index contributed by atoms with van der Waals surface area (Å²) in [4.78, 5) is 18.1. The molecule has 4 aliphatic rings. The predicted octanol–water partition coefficient (Wildman–Crippen LogP) is 4.75. The number of fused-ring (bicyclic) bond motifs is 2. The average molecular weight is 618 g/mol. The fourth-order valence-electron chi connectivity index (χ4n) is 7.44. The van der Waals surface area contributed by atoms with Crippen LogP contribution in [0.15, 0.2) is 24.3 Å². The van der Waals surface area contributed by atoms with E-state index in [1.807, 2.05) is 11.8 Å². The highest BCUT2D eigenvalue weighted by molar-refractivity contribution is 6.04. The van der Waals surface area contributed by atoms with Crippen LogP contribution in [0.2, 0.25) is 0 Å². The first-order chi connectivity index (χ1) is 21.8. The molecule has 6 heterocycles. The van der Waals surface area contributed by atoms with Crippen LogP contribution in [0.4, 0.5) is 19.0 Å². The summed E-state index contributed by atoms with van der Waals surface area (Å²) in [7, 11) is 0. The molecular formula is C33H30F3N5O4. The second kappa shape index (κ2) is 10.4. The van der Waals surface area contributed by atoms with Crippen molar-refractivity contribution in [2.75, 3.05) is 44.4 Å². The summed E-state index contributed by atoms with van der Waals surface area (Å²) in [5.41, 5.74) is -0.800. The van der Waals surface area contributed by atoms with Crippen molar-refractivity contribution in [2.24, 2.45) is 0 Å². The number of phenols is 1. The Kier molecular flexibility index (Phi) is 6.48. The van der Waals surface area contributed by atoms with Gasteiger partial charge in [0, 0.05) is 23.9 Å². The number of alkyl halides is 1. The number of nitrogens with zero attached hydrogens (tertiary/aromatic N) is 5. The van der Waals surface area contributed by atoms with Crippen LogP contribution in [0, 0.1) is 24.0 Å². The monoisotopic (exact) mass is 617 g/mol. The zero-order valence-corrected chi connectivity index (χ0v) is 24.5. The van der Waals surface area contributed by atoms with Gasteiger partial charge in [0.25, 0.3) is 0 Å². The van der Waals surface area contributed by atoms with Gasteiger partial charge in [0.1, 0.15) is 53.4 Å². The zero-order valence-electron chi connectivity index (χ0n) is 24.5. The summed E-state index contributed by atoms with van der Waals surface area (Å²) in [6, 6.07) is 5.09. The molecule has 4 aliphatic heterocycles. The molecule has 8 rings (SSSR count). The topological polar surface area (TPSA) is 93.1 Å². The zero-order chi connectivity index (χ0) is 31.0. The van der Waals surface area contributed by atoms with Crippen LogP contribution >= 0.6 is 0 Å². The first-order valence-corrected chi connectivity index (χ1v) is 15.1. The van der Waals surface area contributed by atoms with Crippen molar-refractivity contribution in [3.8, 4) is 41.2 Å². The van der Waals surface area contributed by atoms with Crippen molar-refractivity contribution >= 4 is 27.5 Å². The number of hydrogen-bond acceptors (Lipinski definition) is 9. The van der Waals surface area contributed by atoms with E-state index in [9.17, 15) is 13.9 Å². The number of benzene rings is 2. The highest BCUT2D eigenvalue weighted by Gasteiger charge is 2.49. The second-order valence-electron chi connectivity index (χ2n) is 12.4. The Morgan fingerprint density at radius 2 is 2.00 bits per heavy atom. The first-order valence-electron chi connectivity index (χ1n) is 15.1. The third-order valence-corrected chi connectivity index (χ3v) is 9.59. The van der Waals surface area contributed by atoms with E-state index >= 15 is 4.39 Å². The lowest BCUT2D eigenvalue weighted by atomic mass is 9.95. The Morgan fingerprint density at radius 1 is 1.16 bits per heavy atom. The maximum Gasteiger partial charge on any atom is 0.319 e. The Bertz CT molecular complexity index is 1910. The van der Waals surface area contributed by atoms with Gasteiger partial charge in [-0.15, -0.1) is 6.42 Å². The first kappa shape index (κ1) is 28.2. The van der Waals surface area contributed by atoms with Gasteiger partial charge in [0.15, 0.2) is 5.82 Å². The number of ether oxygens (including phenoxy) is 3. The highest BCUT2D eigenvalue weighted by Crippen LogP contribution is 2.45. The maximum atomic E-state index is 16.9. The van der Waals surface area contributed by atoms with E-state index in [1.54, 1.807) is 0 Å². The molecule has 9 nitrogen and oxygen atoms in total. The largest absolute Gasteiger partial charge is 0.508 e. The van der Waals surface area contributed by atoms with Gasteiger partial charge in [-0.2, -0.15) is 9.97 Å². The molecule has 0 spiro atoms. The number of aromatic hydroxyl groups is 1. The van der Waals surface area contributed by atoms with Crippen LogP contribution < -0.4 is 14.4 Å². The van der Waals surface area contributed by atoms with E-state index in [2.05, 4.69) is 20.8 Å². The summed E-state index contributed by atoms with van der Waals surface area (Å²) in [6.45, 7) is 4.41. The minimum absolute atomic E-state index is 0.0366. The normalized spacial score (nSPS) is 24.7. The van der Waals surface area contributed by atoms with Gasteiger partial charge >= 0.3 is 6.01 Å². The molecule has 0 bridgehead atoms. The van der Waals surface area contributed by atoms with Crippen molar-refractivity contribution in [1.29, 1.82) is 0 Å². The number of terminal acetylenes is 1. The number of halogens is 3. The van der Waals surface area contributed by atoms with Gasteiger partial charge in [-0.3, -0.25) is 4.90 Å². The van der Waals surface area contributed by atoms with Crippen molar-refractivity contribution in [3.05, 3.63) is 41.5 Å². The SMILES string of the molecule is C#Cc1c(F)ccc2cc(O)cc(-c3nc4c5c(nc(OC[C@@]67CCCN6C[C@H](F)C7)nc5c3F)N(C3COC3)[C@@H](C)CO4)c12. The van der Waals surface area contributed by atoms with Gasteiger partial charge in [-0.1, -0.05) is 12.0 Å². The molecule has 232 valence electrons. The third-order valence-electron chi connectivity index (χ3n) is 9.59. The Balaban J connectivity index is 1.34. The number of hydrogen-bond donors (Lipinski definition) is 1. The summed E-state index contributed by atoms with van der Waals surface area (Å²) in [5.74, 6) is 1.16. The van der Waals surface area contributed by atoms with Gasteiger partial charge in [0.05, 0.1) is 36.4 Å². The lowest BCUT2D eigenvalue weighted by Crippen LogP contribution is -2.54. The Morgan fingerprint density at radius 3 is 2.78 bits per heavy atom. The molecule has 45 heavy (non-hydrogen) atoms. The van der Waals surface area contributed by atoms with E-state index in [1.165, 1.54) is 24.3 Å². The predicted molar refractivity (Wildman–Crippen MR) is 160 cm³/mol. The lowest BCUT2D eigenvalue weighted by Gasteiger charge is -2.40. The fourth-order valence-corrected chi connectivity index (χ4v) is 7.44. The second-order valence-corrected chi connectivity index (χ2v) is 12.4. The van der Waals surface area contributed by atoms with Gasteiger partial charge < -0.3 is 24.2 Å². The summed E-state index contributed by atoms with van der Waals surface area (Å²) in [6.07, 6.45) is 6.84. The molecule has 3 fully saturated rings. The molecule has 2 aromatic carbocycles. The Labute approximate surface area is 256 Å². The van der Waals surface area contributed by atoms with Crippen LogP contribution in [0.25, 0.3) is 32.9 Å². The summed E-state index contributed by atoms with van der Waals surface area (Å²) < 4.78 is 64.2. The third kappa shape index (κ3) is 4.35. The number of anilines is 1. The summed E-state index contributed by atoms with van der Waals surface area (Å²) in [5, 5.41) is 11.5. The van der Waals surface area contributed by atoms with E-state index in [-0.39, 0.29) is 76.0 Å².